The SMILES string of the molecule is CSc1nc(C(=O)N[C@@H](C)CNC(=O)OC(C)(C)C)c(N(OC(C)=O)C(C)=O)s1. The molecule has 0 saturated heterocycles. The zero-order chi connectivity index (χ0) is 22.4. The first-order valence-corrected chi connectivity index (χ1v) is 10.7. The van der Waals surface area contributed by atoms with Gasteiger partial charge in [0.1, 0.15) is 5.60 Å². The first kappa shape index (κ1) is 24.7. The molecular weight excluding hydrogens is 420 g/mol. The third-order valence-electron chi connectivity index (χ3n) is 3.00. The fraction of sp³-hybridized carbons (Fsp3) is 0.588. The number of rotatable bonds is 6. The minimum Gasteiger partial charge on any atom is -0.444 e. The summed E-state index contributed by atoms with van der Waals surface area (Å²) in [6, 6.07) is -0.457. The molecule has 3 amide bonds. The van der Waals surface area contributed by atoms with E-state index in [1.165, 1.54) is 18.7 Å². The van der Waals surface area contributed by atoms with Crippen molar-refractivity contribution in [3.63, 3.8) is 0 Å². The van der Waals surface area contributed by atoms with Crippen molar-refractivity contribution in [2.45, 2.75) is 57.5 Å². The number of thioether (sulfide) groups is 1. The van der Waals surface area contributed by atoms with Crippen molar-refractivity contribution in [1.29, 1.82) is 0 Å². The molecule has 12 heteroatoms. The molecule has 10 nitrogen and oxygen atoms in total. The van der Waals surface area contributed by atoms with Crippen LogP contribution in [0.3, 0.4) is 0 Å². The van der Waals surface area contributed by atoms with Crippen molar-refractivity contribution < 1.29 is 28.8 Å². The second-order valence-electron chi connectivity index (χ2n) is 6.99. The van der Waals surface area contributed by atoms with Gasteiger partial charge in [0.2, 0.25) is 0 Å². The molecule has 1 aromatic heterocycles. The first-order valence-electron chi connectivity index (χ1n) is 8.65. The molecule has 1 atom stereocenters. The third-order valence-corrected chi connectivity index (χ3v) is 5.01. The van der Waals surface area contributed by atoms with Gasteiger partial charge in [-0.2, -0.15) is 0 Å². The molecule has 1 heterocycles. The van der Waals surface area contributed by atoms with Gasteiger partial charge in [-0.15, -0.1) is 5.06 Å². The second kappa shape index (κ2) is 10.4. The summed E-state index contributed by atoms with van der Waals surface area (Å²) in [7, 11) is 0. The lowest BCUT2D eigenvalue weighted by atomic mass is 10.2. The zero-order valence-corrected chi connectivity index (χ0v) is 19.1. The molecule has 0 aromatic carbocycles. The lowest BCUT2D eigenvalue weighted by Gasteiger charge is -2.21. The third kappa shape index (κ3) is 8.28. The zero-order valence-electron chi connectivity index (χ0n) is 17.4. The second-order valence-corrected chi connectivity index (χ2v) is 9.02. The molecule has 0 unspecified atom stereocenters. The van der Waals surface area contributed by atoms with Gasteiger partial charge in [0.25, 0.3) is 11.8 Å². The monoisotopic (exact) mass is 446 g/mol. The molecule has 0 bridgehead atoms. The minimum atomic E-state index is -0.708. The van der Waals surface area contributed by atoms with Crippen molar-refractivity contribution >= 4 is 52.0 Å². The van der Waals surface area contributed by atoms with E-state index in [9.17, 15) is 19.2 Å². The fourth-order valence-electron chi connectivity index (χ4n) is 1.94. The number of carbonyl (C=O) groups excluding carboxylic acids is 4. The van der Waals surface area contributed by atoms with Crippen molar-refractivity contribution in [1.82, 2.24) is 15.6 Å². The van der Waals surface area contributed by atoms with E-state index in [2.05, 4.69) is 15.6 Å². The summed E-state index contributed by atoms with van der Waals surface area (Å²) >= 11 is 2.33. The highest BCUT2D eigenvalue weighted by molar-refractivity contribution is 8.00. The number of aromatic nitrogens is 1. The molecule has 0 saturated carbocycles. The number of carbonyl (C=O) groups is 4. The summed E-state index contributed by atoms with van der Waals surface area (Å²) in [6.45, 7) is 9.40. The Morgan fingerprint density at radius 3 is 2.34 bits per heavy atom. The van der Waals surface area contributed by atoms with Crippen molar-refractivity contribution in [2.24, 2.45) is 0 Å². The molecule has 0 aliphatic rings. The first-order chi connectivity index (χ1) is 13.3. The Morgan fingerprint density at radius 2 is 1.86 bits per heavy atom. The lowest BCUT2D eigenvalue weighted by Crippen LogP contribution is -2.43. The highest BCUT2D eigenvalue weighted by Gasteiger charge is 2.28. The average molecular weight is 447 g/mol. The van der Waals surface area contributed by atoms with Crippen molar-refractivity contribution in [3.8, 4) is 0 Å². The summed E-state index contributed by atoms with van der Waals surface area (Å²) in [5, 5.41) is 6.10. The Bertz CT molecular complexity index is 774. The van der Waals surface area contributed by atoms with Crippen molar-refractivity contribution in [3.05, 3.63) is 5.69 Å². The Kier molecular flexibility index (Phi) is 8.89. The van der Waals surface area contributed by atoms with Gasteiger partial charge in [-0.25, -0.2) is 14.6 Å². The van der Waals surface area contributed by atoms with Crippen molar-refractivity contribution in [2.75, 3.05) is 17.9 Å². The van der Waals surface area contributed by atoms with Gasteiger partial charge >= 0.3 is 12.1 Å². The number of ether oxygens (including phenoxy) is 1. The van der Waals surface area contributed by atoms with Crippen LogP contribution in [0.2, 0.25) is 0 Å². The molecule has 0 aliphatic carbocycles. The van der Waals surface area contributed by atoms with Gasteiger partial charge in [-0.05, 0) is 34.0 Å². The summed E-state index contributed by atoms with van der Waals surface area (Å²) < 4.78 is 5.66. The number of hydrogen-bond acceptors (Lipinski definition) is 9. The standard InChI is InChI=1S/C17H26N4O6S2/c1-9(8-18-15(25)26-17(4,5)6)19-13(24)12-14(29-16(20-12)28-7)21(10(2)22)27-11(3)23/h9H,8H2,1-7H3,(H,18,25)(H,19,24)/t9-/m0/s1. The largest absolute Gasteiger partial charge is 0.444 e. The van der Waals surface area contributed by atoms with E-state index in [0.29, 0.717) is 4.34 Å². The van der Waals surface area contributed by atoms with E-state index < -0.39 is 35.5 Å². The number of alkyl carbamates (subject to hydrolysis) is 1. The maximum absolute atomic E-state index is 12.7. The normalized spacial score (nSPS) is 12.0. The number of anilines is 1. The lowest BCUT2D eigenvalue weighted by molar-refractivity contribution is -0.147. The summed E-state index contributed by atoms with van der Waals surface area (Å²) in [4.78, 5) is 56.8. The molecule has 0 fully saturated rings. The van der Waals surface area contributed by atoms with Crippen LogP contribution < -0.4 is 15.7 Å². The van der Waals surface area contributed by atoms with Gasteiger partial charge in [0.15, 0.2) is 15.0 Å². The summed E-state index contributed by atoms with van der Waals surface area (Å²) in [5.41, 5.74) is -0.687. The molecule has 29 heavy (non-hydrogen) atoms. The average Bonchev–Trinajstić information content (AvgIpc) is 3.00. The molecule has 0 aliphatic heterocycles. The molecule has 0 spiro atoms. The molecule has 0 radical (unpaired) electrons. The van der Waals surface area contributed by atoms with Crippen LogP contribution in [-0.2, 0) is 19.2 Å². The van der Waals surface area contributed by atoms with Gasteiger partial charge < -0.3 is 20.2 Å². The van der Waals surface area contributed by atoms with E-state index in [0.717, 1.165) is 23.3 Å². The predicted octanol–water partition coefficient (Wildman–Crippen LogP) is 2.34. The van der Waals surface area contributed by atoms with Gasteiger partial charge in [0.05, 0.1) is 0 Å². The number of amides is 3. The number of hydrogen-bond donors (Lipinski definition) is 2. The molecule has 162 valence electrons. The molecular formula is C17H26N4O6S2. The van der Waals surface area contributed by atoms with Crippen LogP contribution in [0.4, 0.5) is 9.80 Å². The number of thiazole rings is 1. The van der Waals surface area contributed by atoms with E-state index in [-0.39, 0.29) is 17.2 Å². The topological polar surface area (TPSA) is 127 Å². The Labute approximate surface area is 177 Å². The quantitative estimate of drug-likeness (QED) is 0.504. The maximum atomic E-state index is 12.7. The van der Waals surface area contributed by atoms with E-state index in [1.54, 1.807) is 34.0 Å². The predicted molar refractivity (Wildman–Crippen MR) is 110 cm³/mol. The highest BCUT2D eigenvalue weighted by atomic mass is 32.2. The van der Waals surface area contributed by atoms with Crippen LogP contribution in [0.1, 0.15) is 52.0 Å². The summed E-state index contributed by atoms with van der Waals surface area (Å²) in [5.74, 6) is -1.86. The van der Waals surface area contributed by atoms with Crippen LogP contribution >= 0.6 is 23.1 Å². The van der Waals surface area contributed by atoms with Gasteiger partial charge in [0, 0.05) is 26.4 Å². The van der Waals surface area contributed by atoms with Gasteiger partial charge in [-0.3, -0.25) is 9.59 Å². The Balaban J connectivity index is 2.90. The van der Waals surface area contributed by atoms with E-state index in [4.69, 9.17) is 9.57 Å². The highest BCUT2D eigenvalue weighted by Crippen LogP contribution is 2.34. The van der Waals surface area contributed by atoms with Gasteiger partial charge in [-0.1, -0.05) is 23.1 Å². The fourth-order valence-corrected chi connectivity index (χ4v) is 3.48. The maximum Gasteiger partial charge on any atom is 0.407 e. The smallest absolute Gasteiger partial charge is 0.407 e. The number of nitrogens with one attached hydrogen (secondary N) is 2. The van der Waals surface area contributed by atoms with E-state index >= 15 is 0 Å². The van der Waals surface area contributed by atoms with Crippen LogP contribution in [0.5, 0.6) is 0 Å². The Hall–Kier alpha value is -2.34. The van der Waals surface area contributed by atoms with Crippen LogP contribution in [0.15, 0.2) is 4.34 Å². The molecule has 1 aromatic rings. The Morgan fingerprint density at radius 1 is 1.24 bits per heavy atom. The molecule has 2 N–H and O–H groups in total. The molecule has 1 rings (SSSR count). The number of hydroxylamine groups is 1. The van der Waals surface area contributed by atoms with Crippen LogP contribution in [0.25, 0.3) is 0 Å². The van der Waals surface area contributed by atoms with E-state index in [1.807, 2.05) is 0 Å². The van der Waals surface area contributed by atoms with Crippen LogP contribution in [0, 0.1) is 0 Å². The van der Waals surface area contributed by atoms with Crippen LogP contribution in [-0.4, -0.2) is 53.3 Å². The summed E-state index contributed by atoms with van der Waals surface area (Å²) in [6.07, 6.45) is 1.16. The number of nitrogens with zero attached hydrogens (tertiary/aromatic N) is 2. The minimum absolute atomic E-state index is 0.0556.